The van der Waals surface area contributed by atoms with Crippen molar-refractivity contribution in [1.29, 1.82) is 0 Å². The monoisotopic (exact) mass is 487 g/mol. The van der Waals surface area contributed by atoms with Crippen molar-refractivity contribution in [1.82, 2.24) is 9.80 Å². The molecule has 30 heavy (non-hydrogen) atoms. The molecule has 1 amide bonds. The van der Waals surface area contributed by atoms with Gasteiger partial charge in [0.05, 0.1) is 10.5 Å². The lowest BCUT2D eigenvalue weighted by Gasteiger charge is -2.35. The molecule has 1 saturated heterocycles. The van der Waals surface area contributed by atoms with Gasteiger partial charge < -0.3 is 4.90 Å². The summed E-state index contributed by atoms with van der Waals surface area (Å²) in [6, 6.07) is 19.0. The minimum absolute atomic E-state index is 0.0661. The molecule has 3 aromatic rings. The Morgan fingerprint density at radius 2 is 1.67 bits per heavy atom. The number of primary sulfonamides is 1. The summed E-state index contributed by atoms with van der Waals surface area (Å²) in [5.41, 5.74) is 1.58. The van der Waals surface area contributed by atoms with Crippen molar-refractivity contribution in [3.05, 3.63) is 76.3 Å². The van der Waals surface area contributed by atoms with Crippen LogP contribution in [0.3, 0.4) is 0 Å². The molecule has 1 aliphatic heterocycles. The van der Waals surface area contributed by atoms with Gasteiger partial charge in [-0.05, 0) is 50.5 Å². The predicted octanol–water partition coefficient (Wildman–Crippen LogP) is 3.21. The van der Waals surface area contributed by atoms with E-state index >= 15 is 0 Å². The fourth-order valence-electron chi connectivity index (χ4n) is 3.80. The molecule has 156 valence electrons. The SMILES string of the molecule is NS(=O)(=O)c1ccc(Br)c(C(=O)N2CCN(Cc3cccc4ccccc34)CC2)c1. The van der Waals surface area contributed by atoms with Crippen molar-refractivity contribution in [2.75, 3.05) is 26.2 Å². The Hall–Kier alpha value is -2.26. The average Bonchev–Trinajstić information content (AvgIpc) is 2.73. The third-order valence-electron chi connectivity index (χ3n) is 5.43. The summed E-state index contributed by atoms with van der Waals surface area (Å²) in [6.45, 7) is 3.49. The number of sulfonamides is 1. The third-order valence-corrected chi connectivity index (χ3v) is 7.03. The molecule has 0 atom stereocenters. The van der Waals surface area contributed by atoms with Crippen LogP contribution in [0.15, 0.2) is 70.0 Å². The van der Waals surface area contributed by atoms with E-state index in [1.54, 1.807) is 11.0 Å². The van der Waals surface area contributed by atoms with Gasteiger partial charge in [0.2, 0.25) is 10.0 Å². The number of amides is 1. The standard InChI is InChI=1S/C22H22BrN3O3S/c23-21-9-8-18(30(24,28)29)14-20(21)22(27)26-12-10-25(11-13-26)15-17-6-3-5-16-4-1-2-7-19(16)17/h1-9,14H,10-13,15H2,(H2,24,28,29). The van der Waals surface area contributed by atoms with Crippen LogP contribution in [0, 0.1) is 0 Å². The number of carbonyl (C=O) groups excluding carboxylic acids is 1. The van der Waals surface area contributed by atoms with Gasteiger partial charge in [0.25, 0.3) is 5.91 Å². The lowest BCUT2D eigenvalue weighted by Crippen LogP contribution is -2.48. The summed E-state index contributed by atoms with van der Waals surface area (Å²) in [5.74, 6) is -0.197. The number of benzene rings is 3. The van der Waals surface area contributed by atoms with Gasteiger partial charge >= 0.3 is 0 Å². The number of piperazine rings is 1. The zero-order valence-corrected chi connectivity index (χ0v) is 18.7. The molecule has 0 saturated carbocycles. The summed E-state index contributed by atoms with van der Waals surface area (Å²) in [4.78, 5) is 17.0. The molecule has 2 N–H and O–H groups in total. The maximum Gasteiger partial charge on any atom is 0.255 e. The van der Waals surface area contributed by atoms with E-state index in [1.165, 1.54) is 28.5 Å². The summed E-state index contributed by atoms with van der Waals surface area (Å²) in [7, 11) is -3.87. The molecular weight excluding hydrogens is 466 g/mol. The van der Waals surface area contributed by atoms with E-state index in [0.717, 1.165) is 19.6 Å². The lowest BCUT2D eigenvalue weighted by atomic mass is 10.0. The first-order valence-electron chi connectivity index (χ1n) is 9.63. The predicted molar refractivity (Wildman–Crippen MR) is 121 cm³/mol. The van der Waals surface area contributed by atoms with E-state index in [9.17, 15) is 13.2 Å². The smallest absolute Gasteiger partial charge is 0.255 e. The van der Waals surface area contributed by atoms with Gasteiger partial charge in [0.1, 0.15) is 0 Å². The Balaban J connectivity index is 1.45. The number of fused-ring (bicyclic) bond motifs is 1. The van der Waals surface area contributed by atoms with Gasteiger partial charge in [-0.3, -0.25) is 9.69 Å². The largest absolute Gasteiger partial charge is 0.336 e. The molecular formula is C22H22BrN3O3S. The zero-order chi connectivity index (χ0) is 21.3. The second-order valence-electron chi connectivity index (χ2n) is 7.39. The molecule has 8 heteroatoms. The first-order chi connectivity index (χ1) is 14.3. The number of carbonyl (C=O) groups is 1. The van der Waals surface area contributed by atoms with Crippen LogP contribution in [0.4, 0.5) is 0 Å². The maximum atomic E-state index is 13.0. The van der Waals surface area contributed by atoms with E-state index in [-0.39, 0.29) is 10.8 Å². The van der Waals surface area contributed by atoms with Gasteiger partial charge in [0, 0.05) is 37.2 Å². The number of rotatable bonds is 4. The normalized spacial score (nSPS) is 15.5. The Bertz CT molecular complexity index is 1200. The van der Waals surface area contributed by atoms with Crippen molar-refractivity contribution < 1.29 is 13.2 Å². The summed E-state index contributed by atoms with van der Waals surface area (Å²) >= 11 is 3.35. The number of hydrogen-bond acceptors (Lipinski definition) is 4. The summed E-state index contributed by atoms with van der Waals surface area (Å²) in [6.07, 6.45) is 0. The maximum absolute atomic E-state index is 13.0. The summed E-state index contributed by atoms with van der Waals surface area (Å²) in [5, 5.41) is 7.69. The Morgan fingerprint density at radius 3 is 2.40 bits per heavy atom. The van der Waals surface area contributed by atoms with Gasteiger partial charge in [-0.25, -0.2) is 13.6 Å². The Labute approximate surface area is 184 Å². The van der Waals surface area contributed by atoms with Crippen LogP contribution in [0.5, 0.6) is 0 Å². The van der Waals surface area contributed by atoms with Crippen LogP contribution in [0.1, 0.15) is 15.9 Å². The van der Waals surface area contributed by atoms with Gasteiger partial charge in [-0.2, -0.15) is 0 Å². The molecule has 4 rings (SSSR count). The number of halogens is 1. The number of nitrogens with zero attached hydrogens (tertiary/aromatic N) is 2. The summed E-state index contributed by atoms with van der Waals surface area (Å²) < 4.78 is 23.8. The molecule has 1 fully saturated rings. The molecule has 0 aromatic heterocycles. The first kappa shape index (κ1) is 21.0. The average molecular weight is 488 g/mol. The highest BCUT2D eigenvalue weighted by Gasteiger charge is 2.25. The van der Waals surface area contributed by atoms with Crippen LogP contribution >= 0.6 is 15.9 Å². The van der Waals surface area contributed by atoms with Crippen LogP contribution < -0.4 is 5.14 Å². The molecule has 1 heterocycles. The van der Waals surface area contributed by atoms with Crippen LogP contribution in [-0.4, -0.2) is 50.3 Å². The van der Waals surface area contributed by atoms with E-state index in [1.807, 2.05) is 6.07 Å². The number of hydrogen-bond donors (Lipinski definition) is 1. The molecule has 3 aromatic carbocycles. The lowest BCUT2D eigenvalue weighted by molar-refractivity contribution is 0.0628. The first-order valence-corrected chi connectivity index (χ1v) is 12.0. The van der Waals surface area contributed by atoms with Gasteiger partial charge in [0.15, 0.2) is 0 Å². The van der Waals surface area contributed by atoms with Crippen molar-refractivity contribution in [2.24, 2.45) is 5.14 Å². The molecule has 1 aliphatic rings. The minimum atomic E-state index is -3.87. The Morgan fingerprint density at radius 1 is 0.967 bits per heavy atom. The van der Waals surface area contributed by atoms with E-state index in [2.05, 4.69) is 57.2 Å². The van der Waals surface area contributed by atoms with E-state index in [0.29, 0.717) is 23.1 Å². The van der Waals surface area contributed by atoms with Gasteiger partial charge in [-0.1, -0.05) is 42.5 Å². The van der Waals surface area contributed by atoms with Crippen LogP contribution in [-0.2, 0) is 16.6 Å². The highest BCUT2D eigenvalue weighted by Crippen LogP contribution is 2.24. The quantitative estimate of drug-likeness (QED) is 0.612. The molecule has 0 bridgehead atoms. The highest BCUT2D eigenvalue weighted by atomic mass is 79.9. The van der Waals surface area contributed by atoms with Crippen molar-refractivity contribution in [3.63, 3.8) is 0 Å². The molecule has 0 spiro atoms. The van der Waals surface area contributed by atoms with Crippen LogP contribution in [0.25, 0.3) is 10.8 Å². The van der Waals surface area contributed by atoms with Crippen molar-refractivity contribution >= 4 is 42.6 Å². The van der Waals surface area contributed by atoms with Crippen LogP contribution in [0.2, 0.25) is 0 Å². The number of nitrogens with two attached hydrogens (primary N) is 1. The van der Waals surface area contributed by atoms with E-state index in [4.69, 9.17) is 5.14 Å². The van der Waals surface area contributed by atoms with E-state index < -0.39 is 10.0 Å². The molecule has 0 aliphatic carbocycles. The fraction of sp³-hybridized carbons (Fsp3) is 0.227. The second-order valence-corrected chi connectivity index (χ2v) is 9.81. The molecule has 0 radical (unpaired) electrons. The zero-order valence-electron chi connectivity index (χ0n) is 16.3. The highest BCUT2D eigenvalue weighted by molar-refractivity contribution is 9.10. The second kappa shape index (κ2) is 8.47. The minimum Gasteiger partial charge on any atom is -0.336 e. The fourth-order valence-corrected chi connectivity index (χ4v) is 4.75. The third kappa shape index (κ3) is 4.41. The van der Waals surface area contributed by atoms with Crippen molar-refractivity contribution in [2.45, 2.75) is 11.4 Å². The molecule has 6 nitrogen and oxygen atoms in total. The topological polar surface area (TPSA) is 83.7 Å². The molecule has 0 unspecified atom stereocenters. The van der Waals surface area contributed by atoms with Gasteiger partial charge in [-0.15, -0.1) is 0 Å². The van der Waals surface area contributed by atoms with Crippen molar-refractivity contribution in [3.8, 4) is 0 Å². The Kier molecular flexibility index (Phi) is 5.92.